The minimum atomic E-state index is -0.175. The van der Waals surface area contributed by atoms with Gasteiger partial charge in [0.2, 0.25) is 0 Å². The van der Waals surface area contributed by atoms with Gasteiger partial charge in [0.1, 0.15) is 6.10 Å². The minimum absolute atomic E-state index is 0.0859. The van der Waals surface area contributed by atoms with E-state index in [1.165, 1.54) is 36.5 Å². The molecule has 24 heavy (non-hydrogen) atoms. The summed E-state index contributed by atoms with van der Waals surface area (Å²) in [4.78, 5) is 11.6. The average Bonchev–Trinajstić information content (AvgIpc) is 2.79. The van der Waals surface area contributed by atoms with Gasteiger partial charge in [0.05, 0.1) is 0 Å². The van der Waals surface area contributed by atoms with Crippen molar-refractivity contribution < 1.29 is 9.53 Å². The van der Waals surface area contributed by atoms with Crippen molar-refractivity contribution in [2.45, 2.75) is 79.2 Å². The first-order chi connectivity index (χ1) is 11.2. The molecular weight excluding hydrogens is 296 g/mol. The van der Waals surface area contributed by atoms with Gasteiger partial charge in [-0.1, -0.05) is 36.8 Å². The van der Waals surface area contributed by atoms with Crippen LogP contribution in [0, 0.1) is 17.3 Å². The summed E-state index contributed by atoms with van der Waals surface area (Å²) in [5, 5.41) is 0. The summed E-state index contributed by atoms with van der Waals surface area (Å²) in [5.41, 5.74) is 4.18. The van der Waals surface area contributed by atoms with Gasteiger partial charge < -0.3 is 4.74 Å². The van der Waals surface area contributed by atoms with E-state index >= 15 is 0 Å². The Kier molecular flexibility index (Phi) is 6.11. The molecule has 4 atom stereocenters. The summed E-state index contributed by atoms with van der Waals surface area (Å²) in [7, 11) is 0. The topological polar surface area (TPSA) is 26.3 Å². The molecule has 0 aliphatic heterocycles. The molecule has 1 saturated carbocycles. The Balaban J connectivity index is 2.37. The van der Waals surface area contributed by atoms with Gasteiger partial charge in [-0.05, 0) is 82.1 Å². The largest absolute Gasteiger partial charge is 0.458 e. The molecule has 1 unspecified atom stereocenters. The Bertz CT molecular complexity index is 554. The maximum absolute atomic E-state index is 11.6. The molecule has 0 heterocycles. The maximum atomic E-state index is 11.6. The zero-order valence-electron chi connectivity index (χ0n) is 16.2. The Morgan fingerprint density at radius 2 is 2.00 bits per heavy atom. The normalized spacial score (nSPS) is 38.8. The molecule has 0 aromatic carbocycles. The van der Waals surface area contributed by atoms with Gasteiger partial charge in [0.15, 0.2) is 0 Å². The maximum Gasteiger partial charge on any atom is 0.303 e. The summed E-state index contributed by atoms with van der Waals surface area (Å²) in [6.45, 7) is 14.7. The van der Waals surface area contributed by atoms with E-state index in [1.54, 1.807) is 0 Å². The number of fused-ring (bicyclic) bond motifs is 1. The van der Waals surface area contributed by atoms with Crippen LogP contribution in [0.1, 0.15) is 73.1 Å². The summed E-state index contributed by atoms with van der Waals surface area (Å²) >= 11 is 0. The van der Waals surface area contributed by atoms with Crippen molar-refractivity contribution in [3.05, 3.63) is 35.5 Å². The summed E-state index contributed by atoms with van der Waals surface area (Å²) in [6, 6.07) is 0. The van der Waals surface area contributed by atoms with Crippen LogP contribution in [0.2, 0.25) is 0 Å². The molecule has 0 bridgehead atoms. The van der Waals surface area contributed by atoms with E-state index in [9.17, 15) is 4.79 Å². The molecule has 0 N–H and O–H groups in total. The van der Waals surface area contributed by atoms with Gasteiger partial charge >= 0.3 is 5.97 Å². The van der Waals surface area contributed by atoms with E-state index in [2.05, 4.69) is 46.4 Å². The van der Waals surface area contributed by atoms with Gasteiger partial charge in [-0.25, -0.2) is 0 Å². The predicted octanol–water partition coefficient (Wildman–Crippen LogP) is 5.99. The second-order valence-electron chi connectivity index (χ2n) is 8.33. The van der Waals surface area contributed by atoms with E-state index in [0.29, 0.717) is 11.8 Å². The molecule has 0 aromatic heterocycles. The van der Waals surface area contributed by atoms with E-state index in [1.807, 2.05) is 0 Å². The molecule has 0 amide bonds. The molecule has 0 spiro atoms. The number of carbonyl (C=O) groups is 1. The lowest BCUT2D eigenvalue weighted by Gasteiger charge is -2.37. The second kappa shape index (κ2) is 7.72. The molecule has 2 nitrogen and oxygen atoms in total. The third-order valence-electron chi connectivity index (χ3n) is 6.23. The highest BCUT2D eigenvalue weighted by molar-refractivity contribution is 5.66. The monoisotopic (exact) mass is 330 g/mol. The lowest BCUT2D eigenvalue weighted by molar-refractivity contribution is -0.146. The molecular formula is C22H34O2. The highest BCUT2D eigenvalue weighted by Gasteiger charge is 2.46. The minimum Gasteiger partial charge on any atom is -0.458 e. The van der Waals surface area contributed by atoms with Crippen LogP contribution in [0.4, 0.5) is 0 Å². The van der Waals surface area contributed by atoms with Crippen molar-refractivity contribution >= 4 is 5.97 Å². The van der Waals surface area contributed by atoms with Gasteiger partial charge in [-0.15, -0.1) is 0 Å². The molecule has 1 fully saturated rings. The van der Waals surface area contributed by atoms with Gasteiger partial charge in [-0.2, -0.15) is 0 Å². The van der Waals surface area contributed by atoms with E-state index in [-0.39, 0.29) is 17.5 Å². The lowest BCUT2D eigenvalue weighted by Crippen LogP contribution is -2.32. The lowest BCUT2D eigenvalue weighted by atomic mass is 9.70. The van der Waals surface area contributed by atoms with Crippen LogP contribution in [0.25, 0.3) is 0 Å². The van der Waals surface area contributed by atoms with Crippen molar-refractivity contribution in [3.8, 4) is 0 Å². The third-order valence-corrected chi connectivity index (χ3v) is 6.23. The summed E-state index contributed by atoms with van der Waals surface area (Å²) in [6.07, 6.45) is 11.2. The molecule has 2 heteroatoms. The molecule has 0 aromatic rings. The van der Waals surface area contributed by atoms with Crippen molar-refractivity contribution in [1.82, 2.24) is 0 Å². The van der Waals surface area contributed by atoms with Crippen molar-refractivity contribution in [2.24, 2.45) is 17.3 Å². The van der Waals surface area contributed by atoms with Crippen LogP contribution >= 0.6 is 0 Å². The number of hydrogen-bond acceptors (Lipinski definition) is 2. The summed E-state index contributed by atoms with van der Waals surface area (Å²) in [5.74, 6) is 1.00. The standard InChI is InChI=1S/C22H34O2/c1-15(2)19-12-13-22(6)14-21(24-18(5)23)17(4)9-7-8-16(3)10-11-20(19)22/h9-10,19-21H,1,7-8,11-14H2,2-6H3/b16-10+,17-9+/t19-,20-,21?,22+/m0/s1. The number of hydrogen-bond donors (Lipinski definition) is 0. The average molecular weight is 331 g/mol. The van der Waals surface area contributed by atoms with Crippen LogP contribution in [0.3, 0.4) is 0 Å². The third kappa shape index (κ3) is 4.40. The van der Waals surface area contributed by atoms with Crippen LogP contribution < -0.4 is 0 Å². The number of rotatable bonds is 2. The SMILES string of the molecule is C=C(C)[C@@H]1CC[C@]2(C)CC(OC(C)=O)/C(C)=C/CC/C(C)=C/C[C@@H]12. The van der Waals surface area contributed by atoms with Gasteiger partial charge in [0.25, 0.3) is 0 Å². The fraction of sp³-hybridized carbons (Fsp3) is 0.682. The molecule has 0 saturated heterocycles. The van der Waals surface area contributed by atoms with Gasteiger partial charge in [-0.3, -0.25) is 4.79 Å². The zero-order valence-corrected chi connectivity index (χ0v) is 16.2. The second-order valence-corrected chi connectivity index (χ2v) is 8.33. The fourth-order valence-corrected chi connectivity index (χ4v) is 4.66. The molecule has 2 aliphatic rings. The Hall–Kier alpha value is -1.31. The molecule has 0 radical (unpaired) electrons. The quantitative estimate of drug-likeness (QED) is 0.459. The van der Waals surface area contributed by atoms with E-state index in [0.717, 1.165) is 25.7 Å². The Labute approximate surface area is 148 Å². The highest BCUT2D eigenvalue weighted by atomic mass is 16.5. The smallest absolute Gasteiger partial charge is 0.303 e. The molecule has 2 aliphatic carbocycles. The number of carbonyl (C=O) groups excluding carboxylic acids is 1. The van der Waals surface area contributed by atoms with Crippen LogP contribution in [0.5, 0.6) is 0 Å². The first kappa shape index (κ1) is 19.0. The van der Waals surface area contributed by atoms with Crippen molar-refractivity contribution in [2.75, 3.05) is 0 Å². The van der Waals surface area contributed by atoms with E-state index < -0.39 is 0 Å². The Morgan fingerprint density at radius 3 is 2.62 bits per heavy atom. The van der Waals surface area contributed by atoms with E-state index in [4.69, 9.17) is 4.74 Å². The van der Waals surface area contributed by atoms with Crippen molar-refractivity contribution in [3.63, 3.8) is 0 Å². The summed E-state index contributed by atoms with van der Waals surface area (Å²) < 4.78 is 5.73. The van der Waals surface area contributed by atoms with Gasteiger partial charge in [0, 0.05) is 6.92 Å². The highest BCUT2D eigenvalue weighted by Crippen LogP contribution is 2.54. The van der Waals surface area contributed by atoms with Crippen LogP contribution in [-0.4, -0.2) is 12.1 Å². The predicted molar refractivity (Wildman–Crippen MR) is 101 cm³/mol. The van der Waals surface area contributed by atoms with Crippen LogP contribution in [-0.2, 0) is 9.53 Å². The molecule has 134 valence electrons. The number of ether oxygens (including phenoxy) is 1. The number of allylic oxidation sites excluding steroid dienone is 4. The first-order valence-corrected chi connectivity index (χ1v) is 9.38. The fourth-order valence-electron chi connectivity index (χ4n) is 4.66. The van der Waals surface area contributed by atoms with Crippen LogP contribution in [0.15, 0.2) is 35.5 Å². The molecule has 2 rings (SSSR count). The van der Waals surface area contributed by atoms with Crippen molar-refractivity contribution in [1.29, 1.82) is 0 Å². The Morgan fingerprint density at radius 1 is 1.29 bits per heavy atom. The first-order valence-electron chi connectivity index (χ1n) is 9.38. The zero-order chi connectivity index (χ0) is 17.9. The number of esters is 1.